The normalized spacial score (nSPS) is 16.5. The first kappa shape index (κ1) is 31.3. The lowest BCUT2D eigenvalue weighted by Gasteiger charge is -2.24. The van der Waals surface area contributed by atoms with Crippen LogP contribution in [0.2, 0.25) is 0 Å². The smallest absolute Gasteiger partial charge is 0.253 e. The van der Waals surface area contributed by atoms with E-state index in [2.05, 4.69) is 16.0 Å². The van der Waals surface area contributed by atoms with Crippen LogP contribution in [0.1, 0.15) is 38.3 Å². The Morgan fingerprint density at radius 2 is 1.73 bits per heavy atom. The summed E-state index contributed by atoms with van der Waals surface area (Å²) < 4.78 is 40.6. The monoisotopic (exact) mass is 579 g/mol. The van der Waals surface area contributed by atoms with Crippen LogP contribution in [0.4, 0.5) is 18.9 Å². The van der Waals surface area contributed by atoms with E-state index < -0.39 is 28.9 Å². The molecule has 218 valence electrons. The van der Waals surface area contributed by atoms with E-state index >= 15 is 0 Å². The number of carbonyl (C=O) groups is 3. The molecule has 0 bridgehead atoms. The Morgan fingerprint density at radius 3 is 2.38 bits per heavy atom. The zero-order valence-electron chi connectivity index (χ0n) is 22.8. The Labute approximate surface area is 236 Å². The third-order valence-corrected chi connectivity index (χ3v) is 7.69. The van der Waals surface area contributed by atoms with Crippen molar-refractivity contribution in [1.29, 1.82) is 0 Å². The Bertz CT molecular complexity index is 1200. The average Bonchev–Trinajstić information content (AvgIpc) is 3.40. The Morgan fingerprint density at radius 1 is 1.05 bits per heavy atom. The van der Waals surface area contributed by atoms with Crippen molar-refractivity contribution in [3.05, 3.63) is 65.0 Å². The summed E-state index contributed by atoms with van der Waals surface area (Å²) in [7, 11) is 0. The molecular formula is C28H36F3N5O3S. The number of likely N-dealkylation sites (N-methyl/N-ethyl adjacent to an activating group) is 1. The van der Waals surface area contributed by atoms with Crippen molar-refractivity contribution in [2.24, 2.45) is 11.7 Å². The second-order valence-corrected chi connectivity index (χ2v) is 11.2. The van der Waals surface area contributed by atoms with Crippen LogP contribution in [0.25, 0.3) is 0 Å². The SMILES string of the molecule is CCNC(=O)C(Nc1ccc(CNC(=O)C2SCCN2C(=O)CC(N)Cc2cc(F)c(F)cc2F)cc1)C(C)C. The summed E-state index contributed by atoms with van der Waals surface area (Å²) in [6, 6.07) is 7.35. The number of anilines is 1. The van der Waals surface area contributed by atoms with Gasteiger partial charge in [0.1, 0.15) is 11.9 Å². The van der Waals surface area contributed by atoms with E-state index in [1.807, 2.05) is 45.0 Å². The molecule has 3 unspecified atom stereocenters. The summed E-state index contributed by atoms with van der Waals surface area (Å²) in [5.41, 5.74) is 7.52. The van der Waals surface area contributed by atoms with Crippen molar-refractivity contribution in [3.8, 4) is 0 Å². The first-order valence-electron chi connectivity index (χ1n) is 13.2. The van der Waals surface area contributed by atoms with E-state index in [1.165, 1.54) is 16.7 Å². The van der Waals surface area contributed by atoms with Crippen LogP contribution in [0, 0.1) is 23.4 Å². The van der Waals surface area contributed by atoms with Gasteiger partial charge in [0, 0.05) is 49.6 Å². The van der Waals surface area contributed by atoms with Crippen LogP contribution in [0.5, 0.6) is 0 Å². The fourth-order valence-electron chi connectivity index (χ4n) is 4.35. The molecule has 2 aromatic carbocycles. The van der Waals surface area contributed by atoms with E-state index in [-0.39, 0.29) is 54.6 Å². The molecule has 0 aromatic heterocycles. The van der Waals surface area contributed by atoms with Gasteiger partial charge in [-0.1, -0.05) is 26.0 Å². The number of hydrogen-bond acceptors (Lipinski definition) is 6. The lowest BCUT2D eigenvalue weighted by molar-refractivity contribution is -0.136. The van der Waals surface area contributed by atoms with Crippen LogP contribution in [-0.4, -0.2) is 58.9 Å². The van der Waals surface area contributed by atoms with Crippen molar-refractivity contribution < 1.29 is 27.6 Å². The highest BCUT2D eigenvalue weighted by Gasteiger charge is 2.35. The molecule has 0 radical (unpaired) electrons. The van der Waals surface area contributed by atoms with E-state index in [4.69, 9.17) is 5.73 Å². The molecule has 40 heavy (non-hydrogen) atoms. The topological polar surface area (TPSA) is 117 Å². The van der Waals surface area contributed by atoms with Gasteiger partial charge < -0.3 is 26.6 Å². The maximum absolute atomic E-state index is 14.0. The average molecular weight is 580 g/mol. The quantitative estimate of drug-likeness (QED) is 0.287. The number of rotatable bonds is 12. The molecule has 0 aliphatic carbocycles. The number of nitrogens with two attached hydrogens (primary N) is 1. The molecule has 3 rings (SSSR count). The van der Waals surface area contributed by atoms with Gasteiger partial charge in [0.15, 0.2) is 17.0 Å². The minimum Gasteiger partial charge on any atom is -0.373 e. The zero-order chi connectivity index (χ0) is 29.4. The number of amides is 3. The third kappa shape index (κ3) is 8.37. The third-order valence-electron chi connectivity index (χ3n) is 6.49. The molecule has 1 aliphatic rings. The number of hydrogen-bond donors (Lipinski definition) is 4. The maximum atomic E-state index is 14.0. The number of halogens is 3. The maximum Gasteiger partial charge on any atom is 0.253 e. The van der Waals surface area contributed by atoms with Crippen LogP contribution in [0.3, 0.4) is 0 Å². The second-order valence-electron chi connectivity index (χ2n) is 10.0. The Kier molecular flexibility index (Phi) is 11.3. The van der Waals surface area contributed by atoms with Crippen molar-refractivity contribution in [2.75, 3.05) is 24.2 Å². The molecule has 12 heteroatoms. The molecule has 1 saturated heterocycles. The second kappa shape index (κ2) is 14.4. The van der Waals surface area contributed by atoms with E-state index in [9.17, 15) is 27.6 Å². The molecule has 8 nitrogen and oxygen atoms in total. The van der Waals surface area contributed by atoms with Crippen molar-refractivity contribution in [2.45, 2.75) is 57.6 Å². The first-order chi connectivity index (χ1) is 19.0. The predicted octanol–water partition coefficient (Wildman–Crippen LogP) is 3.15. The molecular weight excluding hydrogens is 543 g/mol. The summed E-state index contributed by atoms with van der Waals surface area (Å²) in [5, 5.41) is 8.20. The van der Waals surface area contributed by atoms with Crippen LogP contribution in [0.15, 0.2) is 36.4 Å². The fraction of sp³-hybridized carbons (Fsp3) is 0.464. The number of benzene rings is 2. The molecule has 1 fully saturated rings. The van der Waals surface area contributed by atoms with Crippen molar-refractivity contribution in [3.63, 3.8) is 0 Å². The predicted molar refractivity (Wildman–Crippen MR) is 150 cm³/mol. The van der Waals surface area contributed by atoms with Gasteiger partial charge in [-0.2, -0.15) is 0 Å². The summed E-state index contributed by atoms with van der Waals surface area (Å²) in [5.74, 6) is -3.52. The molecule has 1 aliphatic heterocycles. The van der Waals surface area contributed by atoms with Gasteiger partial charge in [-0.3, -0.25) is 14.4 Å². The minimum absolute atomic E-state index is 0.0699. The molecule has 3 amide bonds. The molecule has 3 atom stereocenters. The van der Waals surface area contributed by atoms with Crippen LogP contribution >= 0.6 is 11.8 Å². The van der Waals surface area contributed by atoms with Gasteiger partial charge >= 0.3 is 0 Å². The molecule has 2 aromatic rings. The molecule has 1 heterocycles. The number of carbonyl (C=O) groups excluding carboxylic acids is 3. The largest absolute Gasteiger partial charge is 0.373 e. The first-order valence-corrected chi connectivity index (χ1v) is 14.3. The van der Waals surface area contributed by atoms with Crippen LogP contribution in [-0.2, 0) is 27.3 Å². The van der Waals surface area contributed by atoms with Crippen LogP contribution < -0.4 is 21.7 Å². The van der Waals surface area contributed by atoms with E-state index in [1.54, 1.807) is 0 Å². The van der Waals surface area contributed by atoms with Gasteiger partial charge in [0.25, 0.3) is 5.91 Å². The van der Waals surface area contributed by atoms with Gasteiger partial charge in [-0.25, -0.2) is 13.2 Å². The fourth-order valence-corrected chi connectivity index (χ4v) is 5.52. The number of nitrogens with zero attached hydrogens (tertiary/aromatic N) is 1. The minimum atomic E-state index is -1.29. The molecule has 0 spiro atoms. The lowest BCUT2D eigenvalue weighted by atomic mass is 10.0. The van der Waals surface area contributed by atoms with Gasteiger partial charge in [0.05, 0.1) is 0 Å². The van der Waals surface area contributed by atoms with Crippen molar-refractivity contribution in [1.82, 2.24) is 15.5 Å². The standard InChI is InChI=1S/C28H36F3N5O3S/c1-4-33-26(38)25(16(2)3)35-20-7-5-17(6-8-20)15-34-27(39)28-36(9-10-40-28)24(37)13-19(32)11-18-12-22(30)23(31)14-21(18)29/h5-8,12,14,16,19,25,28,35H,4,9-11,13,15,32H2,1-3H3,(H,33,38)(H,34,39). The highest BCUT2D eigenvalue weighted by atomic mass is 32.2. The highest BCUT2D eigenvalue weighted by molar-refractivity contribution is 8.00. The van der Waals surface area contributed by atoms with Gasteiger partial charge in [0.2, 0.25) is 11.8 Å². The summed E-state index contributed by atoms with van der Waals surface area (Å²) in [4.78, 5) is 39.5. The summed E-state index contributed by atoms with van der Waals surface area (Å²) in [6.45, 7) is 6.95. The Balaban J connectivity index is 1.52. The summed E-state index contributed by atoms with van der Waals surface area (Å²) >= 11 is 1.33. The molecule has 5 N–H and O–H groups in total. The van der Waals surface area contributed by atoms with E-state index in [0.717, 1.165) is 17.3 Å². The zero-order valence-corrected chi connectivity index (χ0v) is 23.6. The summed E-state index contributed by atoms with van der Waals surface area (Å²) in [6.07, 6.45) is -0.330. The lowest BCUT2D eigenvalue weighted by Crippen LogP contribution is -2.46. The molecule has 0 saturated carbocycles. The number of nitrogens with one attached hydrogen (secondary N) is 3. The van der Waals surface area contributed by atoms with E-state index in [0.29, 0.717) is 24.9 Å². The Hall–Kier alpha value is -3.25. The van der Waals surface area contributed by atoms with Crippen molar-refractivity contribution >= 4 is 35.2 Å². The van der Waals surface area contributed by atoms with Gasteiger partial charge in [-0.05, 0) is 48.6 Å². The van der Waals surface area contributed by atoms with Gasteiger partial charge in [-0.15, -0.1) is 11.8 Å². The highest BCUT2D eigenvalue weighted by Crippen LogP contribution is 2.25. The number of thioether (sulfide) groups is 1.